The molecule has 2 amide bonds. The van der Waals surface area contributed by atoms with Gasteiger partial charge >= 0.3 is 5.69 Å². The molecule has 172 valence electrons. The van der Waals surface area contributed by atoms with Crippen molar-refractivity contribution >= 4 is 23.3 Å². The predicted octanol–water partition coefficient (Wildman–Crippen LogP) is 1.65. The molecule has 0 unspecified atom stereocenters. The van der Waals surface area contributed by atoms with E-state index in [-0.39, 0.29) is 43.5 Å². The van der Waals surface area contributed by atoms with Crippen LogP contribution >= 0.6 is 0 Å². The van der Waals surface area contributed by atoms with Crippen LogP contribution in [0.4, 0.5) is 11.5 Å². The maximum Gasteiger partial charge on any atom is 0.330 e. The van der Waals surface area contributed by atoms with Crippen molar-refractivity contribution < 1.29 is 9.59 Å². The Labute approximate surface area is 190 Å². The van der Waals surface area contributed by atoms with Crippen LogP contribution in [0.2, 0.25) is 0 Å². The second-order valence-electron chi connectivity index (χ2n) is 7.58. The SMILES string of the molecule is CCN(C(=O)CCNC(=O)c1cccc(C)c1)c1c(N)n(Cc2ccccc2)c(=O)[nH]c1=O. The normalized spacial score (nSPS) is 10.6. The van der Waals surface area contributed by atoms with Gasteiger partial charge in [-0.25, -0.2) is 4.79 Å². The molecule has 0 fully saturated rings. The molecular formula is C24H27N5O4. The van der Waals surface area contributed by atoms with Gasteiger partial charge in [0.1, 0.15) is 5.82 Å². The van der Waals surface area contributed by atoms with Gasteiger partial charge < -0.3 is 16.0 Å². The molecule has 0 aliphatic carbocycles. The van der Waals surface area contributed by atoms with Crippen molar-refractivity contribution in [3.8, 4) is 0 Å². The molecule has 2 aromatic carbocycles. The van der Waals surface area contributed by atoms with Crippen LogP contribution in [0.5, 0.6) is 0 Å². The Kier molecular flexibility index (Phi) is 7.45. The number of aryl methyl sites for hydroxylation is 1. The van der Waals surface area contributed by atoms with Gasteiger partial charge in [-0.05, 0) is 31.5 Å². The number of nitrogens with zero attached hydrogens (tertiary/aromatic N) is 2. The number of nitrogens with one attached hydrogen (secondary N) is 2. The van der Waals surface area contributed by atoms with Crippen LogP contribution < -0.4 is 27.2 Å². The summed E-state index contributed by atoms with van der Waals surface area (Å²) in [6, 6.07) is 16.3. The fourth-order valence-electron chi connectivity index (χ4n) is 3.53. The number of nitrogens with two attached hydrogens (primary N) is 1. The van der Waals surface area contributed by atoms with E-state index in [9.17, 15) is 19.2 Å². The van der Waals surface area contributed by atoms with E-state index in [2.05, 4.69) is 10.3 Å². The molecule has 1 heterocycles. The number of hydrogen-bond donors (Lipinski definition) is 3. The van der Waals surface area contributed by atoms with Gasteiger partial charge in [0.15, 0.2) is 5.69 Å². The van der Waals surface area contributed by atoms with E-state index < -0.39 is 17.2 Å². The summed E-state index contributed by atoms with van der Waals surface area (Å²) in [7, 11) is 0. The molecular weight excluding hydrogens is 422 g/mol. The number of hydrogen-bond acceptors (Lipinski definition) is 5. The Bertz CT molecular complexity index is 1260. The highest BCUT2D eigenvalue weighted by atomic mass is 16.2. The third-order valence-corrected chi connectivity index (χ3v) is 5.19. The molecule has 9 heteroatoms. The van der Waals surface area contributed by atoms with Crippen LogP contribution in [0.3, 0.4) is 0 Å². The van der Waals surface area contributed by atoms with Gasteiger partial charge in [0.05, 0.1) is 6.54 Å². The number of nitrogen functional groups attached to an aromatic ring is 1. The highest BCUT2D eigenvalue weighted by molar-refractivity contribution is 5.97. The van der Waals surface area contributed by atoms with Crippen LogP contribution in [0, 0.1) is 6.92 Å². The number of carbonyl (C=O) groups excluding carboxylic acids is 2. The summed E-state index contributed by atoms with van der Waals surface area (Å²) >= 11 is 0. The van der Waals surface area contributed by atoms with Gasteiger partial charge in [-0.15, -0.1) is 0 Å². The molecule has 0 saturated heterocycles. The van der Waals surface area contributed by atoms with E-state index >= 15 is 0 Å². The van der Waals surface area contributed by atoms with Crippen LogP contribution in [-0.4, -0.2) is 34.5 Å². The van der Waals surface area contributed by atoms with Gasteiger partial charge in [-0.2, -0.15) is 0 Å². The largest absolute Gasteiger partial charge is 0.383 e. The zero-order chi connectivity index (χ0) is 24.0. The minimum Gasteiger partial charge on any atom is -0.383 e. The van der Waals surface area contributed by atoms with E-state index in [0.29, 0.717) is 5.56 Å². The minimum atomic E-state index is -0.735. The standard InChI is InChI=1S/C24H27N5O4/c1-3-28(19(30)12-13-26-22(31)18-11-7-8-16(2)14-18)20-21(25)29(24(33)27-23(20)32)15-17-9-5-4-6-10-17/h4-11,14H,3,12-13,15,25H2,1-2H3,(H,26,31)(H,27,32,33). The summed E-state index contributed by atoms with van der Waals surface area (Å²) in [6.07, 6.45) is -0.0396. The van der Waals surface area contributed by atoms with Crippen LogP contribution in [0.15, 0.2) is 64.2 Å². The van der Waals surface area contributed by atoms with Crippen LogP contribution in [0.25, 0.3) is 0 Å². The lowest BCUT2D eigenvalue weighted by atomic mass is 10.1. The Morgan fingerprint density at radius 1 is 1.09 bits per heavy atom. The number of rotatable bonds is 8. The van der Waals surface area contributed by atoms with E-state index in [4.69, 9.17) is 5.73 Å². The summed E-state index contributed by atoms with van der Waals surface area (Å²) in [5.41, 5.74) is 7.00. The zero-order valence-corrected chi connectivity index (χ0v) is 18.6. The number of anilines is 2. The third kappa shape index (κ3) is 5.57. The summed E-state index contributed by atoms with van der Waals surface area (Å²) in [6.45, 7) is 3.99. The number of carbonyl (C=O) groups is 2. The summed E-state index contributed by atoms with van der Waals surface area (Å²) in [5.74, 6) is -0.779. The van der Waals surface area contributed by atoms with Gasteiger partial charge in [0.2, 0.25) is 5.91 Å². The fourth-order valence-corrected chi connectivity index (χ4v) is 3.53. The van der Waals surface area contributed by atoms with Crippen LogP contribution in [0.1, 0.15) is 34.8 Å². The molecule has 0 saturated carbocycles. The number of aromatic amines is 1. The highest BCUT2D eigenvalue weighted by Crippen LogP contribution is 2.18. The highest BCUT2D eigenvalue weighted by Gasteiger charge is 2.23. The third-order valence-electron chi connectivity index (χ3n) is 5.19. The Morgan fingerprint density at radius 3 is 2.48 bits per heavy atom. The van der Waals surface area contributed by atoms with Crippen molar-refractivity contribution in [2.24, 2.45) is 0 Å². The molecule has 3 aromatic rings. The summed E-state index contributed by atoms with van der Waals surface area (Å²) in [5, 5.41) is 2.71. The lowest BCUT2D eigenvalue weighted by Crippen LogP contribution is -2.42. The summed E-state index contributed by atoms with van der Waals surface area (Å²) in [4.78, 5) is 53.6. The molecule has 9 nitrogen and oxygen atoms in total. The van der Waals surface area contributed by atoms with Crippen LogP contribution in [-0.2, 0) is 11.3 Å². The predicted molar refractivity (Wildman–Crippen MR) is 127 cm³/mol. The first-order valence-corrected chi connectivity index (χ1v) is 10.6. The van der Waals surface area contributed by atoms with Gasteiger partial charge in [0.25, 0.3) is 11.5 Å². The number of benzene rings is 2. The van der Waals surface area contributed by atoms with Gasteiger partial charge in [-0.3, -0.25) is 23.9 Å². The minimum absolute atomic E-state index is 0.0396. The second-order valence-corrected chi connectivity index (χ2v) is 7.58. The number of amides is 2. The van der Waals surface area contributed by atoms with E-state index in [1.807, 2.05) is 43.3 Å². The average Bonchev–Trinajstić information content (AvgIpc) is 2.79. The summed E-state index contributed by atoms with van der Waals surface area (Å²) < 4.78 is 1.22. The molecule has 0 atom stereocenters. The molecule has 4 N–H and O–H groups in total. The smallest absolute Gasteiger partial charge is 0.330 e. The van der Waals surface area contributed by atoms with Crippen molar-refractivity contribution in [1.29, 1.82) is 0 Å². The average molecular weight is 450 g/mol. The Balaban J connectivity index is 1.77. The number of aromatic nitrogens is 2. The quantitative estimate of drug-likeness (QED) is 0.481. The van der Waals surface area contributed by atoms with Gasteiger partial charge in [-0.1, -0.05) is 48.0 Å². The lowest BCUT2D eigenvalue weighted by molar-refractivity contribution is -0.118. The maximum absolute atomic E-state index is 12.9. The maximum atomic E-state index is 12.9. The van der Waals surface area contributed by atoms with E-state index in [1.54, 1.807) is 25.1 Å². The zero-order valence-electron chi connectivity index (χ0n) is 18.6. The first-order valence-electron chi connectivity index (χ1n) is 10.6. The van der Waals surface area contributed by atoms with Crippen molar-refractivity contribution in [2.45, 2.75) is 26.8 Å². The first-order chi connectivity index (χ1) is 15.8. The van der Waals surface area contributed by atoms with Crippen molar-refractivity contribution in [3.05, 3.63) is 92.1 Å². The van der Waals surface area contributed by atoms with Crippen molar-refractivity contribution in [1.82, 2.24) is 14.9 Å². The molecule has 0 spiro atoms. The monoisotopic (exact) mass is 449 g/mol. The molecule has 0 aliphatic heterocycles. The fraction of sp³-hybridized carbons (Fsp3) is 0.250. The number of H-pyrrole nitrogens is 1. The first kappa shape index (κ1) is 23.5. The molecule has 0 bridgehead atoms. The van der Waals surface area contributed by atoms with E-state index in [0.717, 1.165) is 11.1 Å². The van der Waals surface area contributed by atoms with Crippen molar-refractivity contribution in [3.63, 3.8) is 0 Å². The topological polar surface area (TPSA) is 130 Å². The Morgan fingerprint density at radius 2 is 1.82 bits per heavy atom. The van der Waals surface area contributed by atoms with E-state index in [1.165, 1.54) is 9.47 Å². The lowest BCUT2D eigenvalue weighted by Gasteiger charge is -2.23. The molecule has 1 aromatic heterocycles. The molecule has 33 heavy (non-hydrogen) atoms. The molecule has 0 radical (unpaired) electrons. The molecule has 3 rings (SSSR count). The Hall–Kier alpha value is -4.14. The van der Waals surface area contributed by atoms with Crippen molar-refractivity contribution in [2.75, 3.05) is 23.7 Å². The molecule has 0 aliphatic rings. The second kappa shape index (κ2) is 10.4. The van der Waals surface area contributed by atoms with Gasteiger partial charge in [0, 0.05) is 25.1 Å².